The van der Waals surface area contributed by atoms with Crippen LogP contribution < -0.4 is 5.56 Å². The molecule has 2 aromatic rings. The Labute approximate surface area is 139 Å². The van der Waals surface area contributed by atoms with Gasteiger partial charge in [-0.25, -0.2) is 0 Å². The number of nitrogens with one attached hydrogen (secondary N) is 1. The van der Waals surface area contributed by atoms with Crippen LogP contribution in [0.25, 0.3) is 10.9 Å². The molecule has 1 aromatic heterocycles. The molecule has 1 aromatic carbocycles. The van der Waals surface area contributed by atoms with E-state index in [4.69, 9.17) is 12.2 Å². The molecule has 1 aliphatic heterocycles. The molecule has 0 spiro atoms. The predicted octanol–water partition coefficient (Wildman–Crippen LogP) is 2.71. The Balaban J connectivity index is 1.78. The number of rotatable bonds is 3. The number of para-hydroxylation sites is 1. The second-order valence-corrected chi connectivity index (χ2v) is 6.66. The largest absolute Gasteiger partial charge is 0.342 e. The molecule has 0 saturated carbocycles. The van der Waals surface area contributed by atoms with E-state index < -0.39 is 0 Å². The van der Waals surface area contributed by atoms with E-state index in [1.165, 1.54) is 11.0 Å². The van der Waals surface area contributed by atoms with Gasteiger partial charge in [0.2, 0.25) is 5.91 Å². The molecule has 2 heterocycles. The first-order valence-electron chi connectivity index (χ1n) is 8.06. The Kier molecular flexibility index (Phi) is 4.61. The number of piperidine rings is 1. The van der Waals surface area contributed by atoms with Crippen molar-refractivity contribution in [2.45, 2.75) is 32.7 Å². The molecule has 1 fully saturated rings. The minimum absolute atomic E-state index is 0.103. The summed E-state index contributed by atoms with van der Waals surface area (Å²) in [5, 5.41) is 0.597. The molecule has 122 valence electrons. The van der Waals surface area contributed by atoms with Crippen molar-refractivity contribution < 1.29 is 4.79 Å². The lowest BCUT2D eigenvalue weighted by Crippen LogP contribution is -2.39. The van der Waals surface area contributed by atoms with Crippen LogP contribution in [0.15, 0.2) is 29.1 Å². The van der Waals surface area contributed by atoms with Crippen molar-refractivity contribution in [3.05, 3.63) is 39.4 Å². The molecule has 0 bridgehead atoms. The SMILES string of the molecule is C[C@@H]1CCCN(C(=O)CCn2c(=S)[nH]c3ccccc3c2=O)C1. The lowest BCUT2D eigenvalue weighted by molar-refractivity contribution is -0.133. The van der Waals surface area contributed by atoms with E-state index in [0.717, 1.165) is 25.0 Å². The summed E-state index contributed by atoms with van der Waals surface area (Å²) >= 11 is 5.28. The summed E-state index contributed by atoms with van der Waals surface area (Å²) in [6.07, 6.45) is 2.55. The van der Waals surface area contributed by atoms with Gasteiger partial charge in [0.05, 0.1) is 10.9 Å². The molecule has 0 aliphatic carbocycles. The number of hydrogen-bond acceptors (Lipinski definition) is 3. The molecule has 0 radical (unpaired) electrons. The lowest BCUT2D eigenvalue weighted by Gasteiger charge is -2.31. The van der Waals surface area contributed by atoms with Gasteiger partial charge in [-0.15, -0.1) is 0 Å². The van der Waals surface area contributed by atoms with Gasteiger partial charge in [0.1, 0.15) is 0 Å². The number of H-pyrrole nitrogens is 1. The smallest absolute Gasteiger partial charge is 0.262 e. The van der Waals surface area contributed by atoms with Gasteiger partial charge in [0.25, 0.3) is 5.56 Å². The van der Waals surface area contributed by atoms with E-state index in [0.29, 0.717) is 29.0 Å². The highest BCUT2D eigenvalue weighted by molar-refractivity contribution is 7.71. The maximum Gasteiger partial charge on any atom is 0.262 e. The van der Waals surface area contributed by atoms with E-state index in [9.17, 15) is 9.59 Å². The molecule has 1 N–H and O–H groups in total. The molecule has 1 saturated heterocycles. The Bertz CT molecular complexity index is 840. The molecular formula is C17H21N3O2S. The van der Waals surface area contributed by atoms with Crippen LogP contribution in [0.5, 0.6) is 0 Å². The Hall–Kier alpha value is -1.95. The standard InChI is InChI=1S/C17H21N3O2S/c1-12-5-4-9-19(11-12)15(21)8-10-20-16(22)13-6-2-3-7-14(13)18-17(20)23/h2-3,6-7,12H,4-5,8-11H2,1H3,(H,18,23)/t12-/m1/s1. The van der Waals surface area contributed by atoms with Crippen molar-refractivity contribution in [3.8, 4) is 0 Å². The van der Waals surface area contributed by atoms with Crippen LogP contribution in [0, 0.1) is 10.7 Å². The fourth-order valence-electron chi connectivity index (χ4n) is 3.18. The minimum atomic E-state index is -0.135. The first-order chi connectivity index (χ1) is 11.1. The van der Waals surface area contributed by atoms with Gasteiger partial charge in [-0.1, -0.05) is 19.1 Å². The molecule has 1 atom stereocenters. The molecule has 3 rings (SSSR count). The fraction of sp³-hybridized carbons (Fsp3) is 0.471. The molecule has 1 aliphatic rings. The normalized spacial score (nSPS) is 18.3. The maximum absolute atomic E-state index is 12.5. The third-order valence-corrected chi connectivity index (χ3v) is 4.77. The zero-order chi connectivity index (χ0) is 16.4. The Morgan fingerprint density at radius 3 is 2.96 bits per heavy atom. The van der Waals surface area contributed by atoms with Crippen molar-refractivity contribution in [2.75, 3.05) is 13.1 Å². The van der Waals surface area contributed by atoms with E-state index >= 15 is 0 Å². The molecule has 1 amide bonds. The highest BCUT2D eigenvalue weighted by atomic mass is 32.1. The average Bonchev–Trinajstić information content (AvgIpc) is 2.54. The molecular weight excluding hydrogens is 310 g/mol. The van der Waals surface area contributed by atoms with Gasteiger partial charge in [-0.05, 0) is 43.1 Å². The van der Waals surface area contributed by atoms with Gasteiger partial charge < -0.3 is 9.88 Å². The lowest BCUT2D eigenvalue weighted by atomic mass is 10.00. The van der Waals surface area contributed by atoms with Gasteiger partial charge >= 0.3 is 0 Å². The summed E-state index contributed by atoms with van der Waals surface area (Å²) in [7, 11) is 0. The predicted molar refractivity (Wildman–Crippen MR) is 93.0 cm³/mol. The van der Waals surface area contributed by atoms with Crippen molar-refractivity contribution in [3.63, 3.8) is 0 Å². The summed E-state index contributed by atoms with van der Waals surface area (Å²) in [5.41, 5.74) is 0.596. The first-order valence-corrected chi connectivity index (χ1v) is 8.46. The number of likely N-dealkylation sites (tertiary alicyclic amines) is 1. The number of amides is 1. The Morgan fingerprint density at radius 2 is 2.17 bits per heavy atom. The van der Waals surface area contributed by atoms with E-state index in [2.05, 4.69) is 11.9 Å². The monoisotopic (exact) mass is 331 g/mol. The zero-order valence-electron chi connectivity index (χ0n) is 13.2. The van der Waals surface area contributed by atoms with Gasteiger partial charge in [-0.3, -0.25) is 14.2 Å². The van der Waals surface area contributed by atoms with Crippen LogP contribution in [0.1, 0.15) is 26.2 Å². The van der Waals surface area contributed by atoms with Crippen LogP contribution in [0.4, 0.5) is 0 Å². The molecule has 0 unspecified atom stereocenters. The van der Waals surface area contributed by atoms with Crippen molar-refractivity contribution in [1.29, 1.82) is 0 Å². The number of carbonyl (C=O) groups excluding carboxylic acids is 1. The second kappa shape index (κ2) is 6.66. The molecule has 5 nitrogen and oxygen atoms in total. The van der Waals surface area contributed by atoms with E-state index in [1.807, 2.05) is 23.1 Å². The summed E-state index contributed by atoms with van der Waals surface area (Å²) in [6.45, 7) is 4.13. The van der Waals surface area contributed by atoms with Crippen molar-refractivity contribution >= 4 is 29.0 Å². The summed E-state index contributed by atoms with van der Waals surface area (Å²) in [6, 6.07) is 7.29. The van der Waals surface area contributed by atoms with E-state index in [1.54, 1.807) is 6.07 Å². The van der Waals surface area contributed by atoms with Crippen LogP contribution in [-0.4, -0.2) is 33.4 Å². The topological polar surface area (TPSA) is 58.1 Å². The summed E-state index contributed by atoms with van der Waals surface area (Å²) in [4.78, 5) is 29.9. The third kappa shape index (κ3) is 3.37. The van der Waals surface area contributed by atoms with Crippen LogP contribution in [0.3, 0.4) is 0 Å². The van der Waals surface area contributed by atoms with Crippen LogP contribution in [-0.2, 0) is 11.3 Å². The average molecular weight is 331 g/mol. The van der Waals surface area contributed by atoms with Gasteiger partial charge in [0.15, 0.2) is 4.77 Å². The Morgan fingerprint density at radius 1 is 1.39 bits per heavy atom. The quantitative estimate of drug-likeness (QED) is 0.880. The van der Waals surface area contributed by atoms with Crippen LogP contribution in [0.2, 0.25) is 0 Å². The summed E-state index contributed by atoms with van der Waals surface area (Å²) in [5.74, 6) is 0.657. The minimum Gasteiger partial charge on any atom is -0.342 e. The highest BCUT2D eigenvalue weighted by Gasteiger charge is 2.20. The van der Waals surface area contributed by atoms with E-state index in [-0.39, 0.29) is 11.5 Å². The van der Waals surface area contributed by atoms with Gasteiger partial charge in [-0.2, -0.15) is 0 Å². The first kappa shape index (κ1) is 15.9. The third-order valence-electron chi connectivity index (χ3n) is 4.45. The number of fused-ring (bicyclic) bond motifs is 1. The second-order valence-electron chi connectivity index (χ2n) is 6.27. The number of benzene rings is 1. The number of hydrogen-bond donors (Lipinski definition) is 1. The highest BCUT2D eigenvalue weighted by Crippen LogP contribution is 2.16. The zero-order valence-corrected chi connectivity index (χ0v) is 14.1. The van der Waals surface area contributed by atoms with Crippen molar-refractivity contribution in [2.24, 2.45) is 5.92 Å². The van der Waals surface area contributed by atoms with Crippen LogP contribution >= 0.6 is 12.2 Å². The van der Waals surface area contributed by atoms with Crippen molar-refractivity contribution in [1.82, 2.24) is 14.5 Å². The maximum atomic E-state index is 12.5. The number of nitrogens with zero attached hydrogens (tertiary/aromatic N) is 2. The molecule has 6 heteroatoms. The number of carbonyl (C=O) groups is 1. The fourth-order valence-corrected chi connectivity index (χ4v) is 3.47. The summed E-state index contributed by atoms with van der Waals surface area (Å²) < 4.78 is 1.86. The number of aromatic nitrogens is 2. The van der Waals surface area contributed by atoms with Gasteiger partial charge in [0, 0.05) is 26.1 Å². The molecule has 23 heavy (non-hydrogen) atoms. The number of aromatic amines is 1.